The molecule has 6 heteroatoms. The Labute approximate surface area is 123 Å². The first-order chi connectivity index (χ1) is 9.92. The molecule has 0 amide bonds. The zero-order valence-electron chi connectivity index (χ0n) is 12.5. The summed E-state index contributed by atoms with van der Waals surface area (Å²) in [4.78, 5) is 23.4. The van der Waals surface area contributed by atoms with Crippen molar-refractivity contribution < 1.29 is 9.53 Å². The van der Waals surface area contributed by atoms with Crippen LogP contribution < -0.4 is 10.5 Å². The van der Waals surface area contributed by atoms with Gasteiger partial charge >= 0.3 is 0 Å². The molecule has 2 aromatic rings. The Balaban J connectivity index is 2.40. The molecule has 0 bridgehead atoms. The molecule has 0 saturated carbocycles. The molecule has 0 unspecified atom stereocenters. The van der Waals surface area contributed by atoms with Gasteiger partial charge in [0.2, 0.25) is 5.88 Å². The number of carbonyl (C=O) groups is 1. The van der Waals surface area contributed by atoms with Crippen LogP contribution in [0.3, 0.4) is 0 Å². The summed E-state index contributed by atoms with van der Waals surface area (Å²) in [5.74, 6) is 0.266. The fourth-order valence-corrected chi connectivity index (χ4v) is 1.79. The van der Waals surface area contributed by atoms with Crippen LogP contribution in [0.25, 0.3) is 11.0 Å². The predicted molar refractivity (Wildman–Crippen MR) is 81.4 cm³/mol. The minimum atomic E-state index is -0.151. The van der Waals surface area contributed by atoms with E-state index in [0.29, 0.717) is 35.6 Å². The number of nitrogens with two attached hydrogens (primary N) is 1. The van der Waals surface area contributed by atoms with Gasteiger partial charge in [-0.1, -0.05) is 26.8 Å². The molecule has 0 aliphatic carbocycles. The number of fused-ring (bicyclic) bond motifs is 1. The summed E-state index contributed by atoms with van der Waals surface area (Å²) in [6, 6.07) is 0. The first-order valence-electron chi connectivity index (χ1n) is 6.78. The molecule has 21 heavy (non-hydrogen) atoms. The third-order valence-corrected chi connectivity index (χ3v) is 2.75. The molecule has 0 aliphatic heterocycles. The Bertz CT molecular complexity index is 668. The number of nitrogens with one attached hydrogen (secondary N) is 1. The number of hydrogen-bond acceptors (Lipinski definition) is 5. The van der Waals surface area contributed by atoms with Gasteiger partial charge < -0.3 is 15.5 Å². The Morgan fingerprint density at radius 3 is 2.86 bits per heavy atom. The first kappa shape index (κ1) is 15.2. The monoisotopic (exact) mass is 288 g/mol. The number of rotatable bonds is 5. The Morgan fingerprint density at radius 2 is 2.19 bits per heavy atom. The lowest BCUT2D eigenvalue weighted by Gasteiger charge is -2.18. The lowest BCUT2D eigenvalue weighted by molar-refractivity contribution is 0.104. The number of allylic oxidation sites excluding steroid dienone is 1. The van der Waals surface area contributed by atoms with E-state index in [9.17, 15) is 4.79 Å². The van der Waals surface area contributed by atoms with Crippen LogP contribution in [0.1, 0.15) is 31.1 Å². The number of aromatic nitrogens is 3. The van der Waals surface area contributed by atoms with E-state index >= 15 is 0 Å². The van der Waals surface area contributed by atoms with Crippen LogP contribution in [-0.2, 0) is 0 Å². The minimum Gasteiger partial charge on any atom is -0.477 e. The van der Waals surface area contributed by atoms with Crippen molar-refractivity contribution in [2.24, 2.45) is 11.1 Å². The van der Waals surface area contributed by atoms with Gasteiger partial charge in [0, 0.05) is 12.7 Å². The van der Waals surface area contributed by atoms with Crippen LogP contribution in [0.4, 0.5) is 0 Å². The van der Waals surface area contributed by atoms with E-state index in [0.717, 1.165) is 0 Å². The summed E-state index contributed by atoms with van der Waals surface area (Å²) in [5, 5.41) is 0.605. The second-order valence-corrected chi connectivity index (χ2v) is 5.96. The summed E-state index contributed by atoms with van der Waals surface area (Å²) in [6.45, 7) is 7.02. The van der Waals surface area contributed by atoms with Crippen molar-refractivity contribution in [1.82, 2.24) is 15.0 Å². The number of hydrogen-bond donors (Lipinski definition) is 2. The summed E-state index contributed by atoms with van der Waals surface area (Å²) >= 11 is 0. The van der Waals surface area contributed by atoms with Crippen LogP contribution in [0.15, 0.2) is 24.7 Å². The standard InChI is InChI=1S/C15H20N4O2/c1-15(2,3)8-21-14-12-10(11(20)5-4-6-16)7-17-13(12)18-9-19-14/h4-5,7,9H,6,8,16H2,1-3H3,(H,17,18,19). The van der Waals surface area contributed by atoms with Crippen molar-refractivity contribution in [1.29, 1.82) is 0 Å². The lowest BCUT2D eigenvalue weighted by atomic mass is 9.99. The third-order valence-electron chi connectivity index (χ3n) is 2.75. The average Bonchev–Trinajstić information content (AvgIpc) is 2.86. The fourth-order valence-electron chi connectivity index (χ4n) is 1.79. The molecular formula is C15H20N4O2. The number of carbonyl (C=O) groups excluding carboxylic acids is 1. The molecule has 0 spiro atoms. The topological polar surface area (TPSA) is 93.9 Å². The Morgan fingerprint density at radius 1 is 1.43 bits per heavy atom. The molecule has 2 rings (SSSR count). The maximum atomic E-state index is 12.2. The SMILES string of the molecule is CC(C)(C)COc1ncnc2[nH]cc(C(=O)C=CCN)c12. The van der Waals surface area contributed by atoms with Crippen molar-refractivity contribution in [2.45, 2.75) is 20.8 Å². The number of aromatic amines is 1. The summed E-state index contributed by atoms with van der Waals surface area (Å²) in [5.41, 5.74) is 6.44. The molecule has 0 radical (unpaired) electrons. The molecule has 112 valence electrons. The normalized spacial score (nSPS) is 12.2. The smallest absolute Gasteiger partial charge is 0.226 e. The molecular weight excluding hydrogens is 268 g/mol. The first-order valence-corrected chi connectivity index (χ1v) is 6.78. The van der Waals surface area contributed by atoms with Crippen molar-refractivity contribution in [3.63, 3.8) is 0 Å². The van der Waals surface area contributed by atoms with Crippen LogP contribution >= 0.6 is 0 Å². The van der Waals surface area contributed by atoms with Gasteiger partial charge in [0.1, 0.15) is 12.0 Å². The Hall–Kier alpha value is -2.21. The Kier molecular flexibility index (Phi) is 4.37. The quantitative estimate of drug-likeness (QED) is 0.649. The highest BCUT2D eigenvalue weighted by Gasteiger charge is 2.18. The van der Waals surface area contributed by atoms with Gasteiger partial charge in [-0.15, -0.1) is 0 Å². The molecule has 2 heterocycles. The lowest BCUT2D eigenvalue weighted by Crippen LogP contribution is -2.17. The highest BCUT2D eigenvalue weighted by Crippen LogP contribution is 2.27. The van der Waals surface area contributed by atoms with Crippen molar-refractivity contribution in [3.8, 4) is 5.88 Å². The van der Waals surface area contributed by atoms with Gasteiger partial charge in [-0.3, -0.25) is 4.79 Å². The summed E-state index contributed by atoms with van der Waals surface area (Å²) in [7, 11) is 0. The molecule has 3 N–H and O–H groups in total. The molecule has 0 atom stereocenters. The molecule has 2 aromatic heterocycles. The zero-order valence-corrected chi connectivity index (χ0v) is 12.5. The zero-order chi connectivity index (χ0) is 15.5. The molecule has 0 aromatic carbocycles. The van der Waals surface area contributed by atoms with Gasteiger partial charge in [-0.25, -0.2) is 9.97 Å². The maximum absolute atomic E-state index is 12.2. The van der Waals surface area contributed by atoms with Crippen LogP contribution in [-0.4, -0.2) is 33.9 Å². The van der Waals surface area contributed by atoms with Crippen molar-refractivity contribution in [3.05, 3.63) is 30.2 Å². The van der Waals surface area contributed by atoms with E-state index in [1.54, 1.807) is 12.3 Å². The average molecular weight is 288 g/mol. The van der Waals surface area contributed by atoms with Crippen LogP contribution in [0, 0.1) is 5.41 Å². The van der Waals surface area contributed by atoms with E-state index in [1.807, 2.05) is 0 Å². The fraction of sp³-hybridized carbons (Fsp3) is 0.400. The van der Waals surface area contributed by atoms with E-state index in [-0.39, 0.29) is 11.2 Å². The van der Waals surface area contributed by atoms with Gasteiger partial charge in [0.05, 0.1) is 17.6 Å². The van der Waals surface area contributed by atoms with Crippen LogP contribution in [0.5, 0.6) is 5.88 Å². The maximum Gasteiger partial charge on any atom is 0.226 e. The third kappa shape index (κ3) is 3.66. The second-order valence-electron chi connectivity index (χ2n) is 5.96. The van der Waals surface area contributed by atoms with E-state index in [4.69, 9.17) is 10.5 Å². The van der Waals surface area contributed by atoms with Crippen molar-refractivity contribution in [2.75, 3.05) is 13.2 Å². The van der Waals surface area contributed by atoms with Crippen molar-refractivity contribution >= 4 is 16.8 Å². The van der Waals surface area contributed by atoms with E-state index < -0.39 is 0 Å². The second kappa shape index (κ2) is 6.05. The molecule has 0 aliphatic rings. The van der Waals surface area contributed by atoms with Gasteiger partial charge in [-0.05, 0) is 11.5 Å². The van der Waals surface area contributed by atoms with E-state index in [2.05, 4.69) is 35.7 Å². The highest BCUT2D eigenvalue weighted by molar-refractivity contribution is 6.13. The van der Waals surface area contributed by atoms with E-state index in [1.165, 1.54) is 12.4 Å². The van der Waals surface area contributed by atoms with Gasteiger partial charge in [0.25, 0.3) is 0 Å². The molecule has 6 nitrogen and oxygen atoms in total. The van der Waals surface area contributed by atoms with Gasteiger partial charge in [0.15, 0.2) is 5.78 Å². The number of nitrogens with zero attached hydrogens (tertiary/aromatic N) is 2. The summed E-state index contributed by atoms with van der Waals surface area (Å²) in [6.07, 6.45) is 6.09. The number of ether oxygens (including phenoxy) is 1. The summed E-state index contributed by atoms with van der Waals surface area (Å²) < 4.78 is 5.77. The van der Waals surface area contributed by atoms with Gasteiger partial charge in [-0.2, -0.15) is 0 Å². The highest BCUT2D eigenvalue weighted by atomic mass is 16.5. The molecule has 0 fully saturated rings. The number of ketones is 1. The molecule has 0 saturated heterocycles. The predicted octanol–water partition coefficient (Wildman–Crippen LogP) is 2.08. The minimum absolute atomic E-state index is 0.00277. The number of H-pyrrole nitrogens is 1. The van der Waals surface area contributed by atoms with Crippen LogP contribution in [0.2, 0.25) is 0 Å². The largest absolute Gasteiger partial charge is 0.477 e.